The molecule has 4 N–H and O–H groups in total. The highest BCUT2D eigenvalue weighted by Crippen LogP contribution is 2.05. The van der Waals surface area contributed by atoms with Crippen LogP contribution in [0.2, 0.25) is 0 Å². The highest BCUT2D eigenvalue weighted by atomic mass is 15.2. The van der Waals surface area contributed by atoms with E-state index in [2.05, 4.69) is 20.5 Å². The number of nitrogens with zero attached hydrogens (tertiary/aromatic N) is 2. The number of nitrogen functional groups attached to an aromatic ring is 1. The summed E-state index contributed by atoms with van der Waals surface area (Å²) < 4.78 is 0. The molecule has 0 aliphatic carbocycles. The Kier molecular flexibility index (Phi) is 3.96. The van der Waals surface area contributed by atoms with Crippen molar-refractivity contribution >= 4 is 11.5 Å². The molecule has 0 radical (unpaired) electrons. The second-order valence-electron chi connectivity index (χ2n) is 4.00. The van der Waals surface area contributed by atoms with Gasteiger partial charge in [0, 0.05) is 39.3 Å². The highest BCUT2D eigenvalue weighted by molar-refractivity contribution is 5.43. The van der Waals surface area contributed by atoms with E-state index in [1.165, 1.54) is 0 Å². The molecule has 1 aromatic rings. The van der Waals surface area contributed by atoms with Gasteiger partial charge < -0.3 is 16.4 Å². The minimum Gasteiger partial charge on any atom is -0.397 e. The van der Waals surface area contributed by atoms with Crippen LogP contribution < -0.4 is 16.4 Å². The van der Waals surface area contributed by atoms with Gasteiger partial charge in [-0.05, 0) is 12.1 Å². The van der Waals surface area contributed by atoms with Crippen LogP contribution in [0.4, 0.5) is 11.5 Å². The van der Waals surface area contributed by atoms with Crippen LogP contribution in [0, 0.1) is 0 Å². The molecule has 5 heteroatoms. The lowest BCUT2D eigenvalue weighted by molar-refractivity contribution is 0.249. The molecule has 0 unspecified atom stereocenters. The van der Waals surface area contributed by atoms with Gasteiger partial charge in [-0.25, -0.2) is 4.98 Å². The SMILES string of the molecule is Nc1ccc(NCCN2CCNCC2)nc1. The summed E-state index contributed by atoms with van der Waals surface area (Å²) in [5, 5.41) is 6.63. The van der Waals surface area contributed by atoms with Crippen LogP contribution in [0.5, 0.6) is 0 Å². The molecule has 88 valence electrons. The van der Waals surface area contributed by atoms with Gasteiger partial charge in [-0.15, -0.1) is 0 Å². The molecule has 0 saturated carbocycles. The van der Waals surface area contributed by atoms with Crippen molar-refractivity contribution in [2.75, 3.05) is 50.3 Å². The molecule has 1 fully saturated rings. The van der Waals surface area contributed by atoms with Gasteiger partial charge in [-0.1, -0.05) is 0 Å². The van der Waals surface area contributed by atoms with Gasteiger partial charge in [0.15, 0.2) is 0 Å². The number of hydrogen-bond acceptors (Lipinski definition) is 5. The van der Waals surface area contributed by atoms with E-state index >= 15 is 0 Å². The predicted molar refractivity (Wildman–Crippen MR) is 66.4 cm³/mol. The van der Waals surface area contributed by atoms with Crippen LogP contribution in [0.3, 0.4) is 0 Å². The molecule has 5 nitrogen and oxygen atoms in total. The lowest BCUT2D eigenvalue weighted by Gasteiger charge is -2.27. The molecule has 1 aromatic heterocycles. The third kappa shape index (κ3) is 3.36. The van der Waals surface area contributed by atoms with E-state index in [0.717, 1.165) is 45.1 Å². The minimum atomic E-state index is 0.702. The normalized spacial score (nSPS) is 17.2. The second-order valence-corrected chi connectivity index (χ2v) is 4.00. The van der Waals surface area contributed by atoms with Gasteiger partial charge in [-0.3, -0.25) is 4.90 Å². The zero-order valence-electron chi connectivity index (χ0n) is 9.45. The fourth-order valence-electron chi connectivity index (χ4n) is 1.79. The van der Waals surface area contributed by atoms with Crippen LogP contribution in [-0.4, -0.2) is 49.2 Å². The summed E-state index contributed by atoms with van der Waals surface area (Å²) in [5.41, 5.74) is 6.27. The molecule has 0 spiro atoms. The standard InChI is InChI=1S/C11H19N5/c12-10-1-2-11(15-9-10)14-5-8-16-6-3-13-4-7-16/h1-2,9,13H,3-8,12H2,(H,14,15). The summed E-state index contributed by atoms with van der Waals surface area (Å²) in [4.78, 5) is 6.64. The van der Waals surface area contributed by atoms with E-state index in [9.17, 15) is 0 Å². The fourth-order valence-corrected chi connectivity index (χ4v) is 1.79. The van der Waals surface area contributed by atoms with Crippen molar-refractivity contribution < 1.29 is 0 Å². The molecule has 1 aliphatic rings. The lowest BCUT2D eigenvalue weighted by Crippen LogP contribution is -2.45. The van der Waals surface area contributed by atoms with E-state index in [0.29, 0.717) is 5.69 Å². The maximum Gasteiger partial charge on any atom is 0.126 e. The van der Waals surface area contributed by atoms with Gasteiger partial charge in [0.1, 0.15) is 5.82 Å². The summed E-state index contributed by atoms with van der Waals surface area (Å²) >= 11 is 0. The van der Waals surface area contributed by atoms with Crippen molar-refractivity contribution in [3.63, 3.8) is 0 Å². The smallest absolute Gasteiger partial charge is 0.126 e. The fraction of sp³-hybridized carbons (Fsp3) is 0.545. The van der Waals surface area contributed by atoms with Gasteiger partial charge in [0.25, 0.3) is 0 Å². The molecule has 2 rings (SSSR count). The first-order valence-electron chi connectivity index (χ1n) is 5.73. The van der Waals surface area contributed by atoms with Crippen LogP contribution in [0.1, 0.15) is 0 Å². The van der Waals surface area contributed by atoms with E-state index in [4.69, 9.17) is 5.73 Å². The molecule has 16 heavy (non-hydrogen) atoms. The molecule has 1 saturated heterocycles. The maximum absolute atomic E-state index is 5.57. The molecule has 0 amide bonds. The Morgan fingerprint density at radius 1 is 1.38 bits per heavy atom. The summed E-state index contributed by atoms with van der Waals surface area (Å²) in [6.07, 6.45) is 1.67. The number of aromatic nitrogens is 1. The number of nitrogens with two attached hydrogens (primary N) is 1. The monoisotopic (exact) mass is 221 g/mol. The van der Waals surface area contributed by atoms with E-state index in [-0.39, 0.29) is 0 Å². The summed E-state index contributed by atoms with van der Waals surface area (Å²) in [6, 6.07) is 3.77. The minimum absolute atomic E-state index is 0.702. The average Bonchev–Trinajstić information content (AvgIpc) is 2.33. The second kappa shape index (κ2) is 5.67. The Labute approximate surface area is 96.0 Å². The first-order chi connectivity index (χ1) is 7.84. The number of anilines is 2. The Morgan fingerprint density at radius 3 is 2.88 bits per heavy atom. The van der Waals surface area contributed by atoms with E-state index in [1.54, 1.807) is 6.20 Å². The topological polar surface area (TPSA) is 66.2 Å². The van der Waals surface area contributed by atoms with Crippen LogP contribution in [0.15, 0.2) is 18.3 Å². The Hall–Kier alpha value is -1.33. The third-order valence-corrected chi connectivity index (χ3v) is 2.73. The quantitative estimate of drug-likeness (QED) is 0.667. The largest absolute Gasteiger partial charge is 0.397 e. The molecule has 0 aromatic carbocycles. The summed E-state index contributed by atoms with van der Waals surface area (Å²) in [7, 11) is 0. The third-order valence-electron chi connectivity index (χ3n) is 2.73. The first kappa shape index (κ1) is 11.2. The van der Waals surface area contributed by atoms with E-state index in [1.807, 2.05) is 12.1 Å². The Morgan fingerprint density at radius 2 is 2.19 bits per heavy atom. The van der Waals surface area contributed by atoms with Crippen molar-refractivity contribution in [2.24, 2.45) is 0 Å². The molecule has 1 aliphatic heterocycles. The van der Waals surface area contributed by atoms with Gasteiger partial charge in [0.05, 0.1) is 11.9 Å². The van der Waals surface area contributed by atoms with Crippen LogP contribution in [-0.2, 0) is 0 Å². The van der Waals surface area contributed by atoms with Crippen molar-refractivity contribution in [3.05, 3.63) is 18.3 Å². The molecule has 0 bridgehead atoms. The van der Waals surface area contributed by atoms with Gasteiger partial charge >= 0.3 is 0 Å². The molecule has 2 heterocycles. The average molecular weight is 221 g/mol. The summed E-state index contributed by atoms with van der Waals surface area (Å²) in [6.45, 7) is 6.46. The maximum atomic E-state index is 5.57. The summed E-state index contributed by atoms with van der Waals surface area (Å²) in [5.74, 6) is 0.893. The van der Waals surface area contributed by atoms with Crippen LogP contribution >= 0.6 is 0 Å². The predicted octanol–water partition coefficient (Wildman–Crippen LogP) is -0.0191. The number of hydrogen-bond donors (Lipinski definition) is 3. The highest BCUT2D eigenvalue weighted by Gasteiger charge is 2.08. The number of piperazine rings is 1. The van der Waals surface area contributed by atoms with Crippen molar-refractivity contribution in [3.8, 4) is 0 Å². The van der Waals surface area contributed by atoms with Gasteiger partial charge in [0.2, 0.25) is 0 Å². The first-order valence-corrected chi connectivity index (χ1v) is 5.73. The zero-order valence-corrected chi connectivity index (χ0v) is 9.45. The molecular formula is C11H19N5. The Bertz CT molecular complexity index is 305. The molecular weight excluding hydrogens is 202 g/mol. The van der Waals surface area contributed by atoms with Crippen molar-refractivity contribution in [1.29, 1.82) is 0 Å². The van der Waals surface area contributed by atoms with E-state index < -0.39 is 0 Å². The Balaban J connectivity index is 1.69. The molecule has 0 atom stereocenters. The van der Waals surface area contributed by atoms with Crippen LogP contribution in [0.25, 0.3) is 0 Å². The number of rotatable bonds is 4. The zero-order chi connectivity index (χ0) is 11.2. The van der Waals surface area contributed by atoms with Gasteiger partial charge in [-0.2, -0.15) is 0 Å². The number of pyridine rings is 1. The lowest BCUT2D eigenvalue weighted by atomic mass is 10.3. The number of nitrogens with one attached hydrogen (secondary N) is 2. The van der Waals surface area contributed by atoms with Crippen molar-refractivity contribution in [2.45, 2.75) is 0 Å². The van der Waals surface area contributed by atoms with Crippen molar-refractivity contribution in [1.82, 2.24) is 15.2 Å².